The van der Waals surface area contributed by atoms with E-state index in [9.17, 15) is 4.79 Å². The molecule has 0 bridgehead atoms. The molecule has 3 rings (SSSR count). The number of ether oxygens (including phenoxy) is 1. The largest absolute Gasteiger partial charge is 0.380 e. The van der Waals surface area contributed by atoms with E-state index in [0.717, 1.165) is 42.9 Å². The topological polar surface area (TPSA) is 81.1 Å². The van der Waals surface area contributed by atoms with Gasteiger partial charge in [0, 0.05) is 12.8 Å². The van der Waals surface area contributed by atoms with Gasteiger partial charge < -0.3 is 15.4 Å². The molecule has 7 nitrogen and oxygen atoms in total. The van der Waals surface area contributed by atoms with Crippen LogP contribution in [0.2, 0.25) is 0 Å². The normalized spacial score (nSPS) is 14.8. The minimum absolute atomic E-state index is 0. The number of anilines is 1. The van der Waals surface area contributed by atoms with E-state index in [-0.39, 0.29) is 18.3 Å². The SMILES string of the molecule is COCc1cccc(NC(=O)c2nnn(C3CCNCC3)c2C)c1.Cl. The van der Waals surface area contributed by atoms with Gasteiger partial charge in [0.15, 0.2) is 5.69 Å². The van der Waals surface area contributed by atoms with E-state index >= 15 is 0 Å². The average Bonchev–Trinajstić information content (AvgIpc) is 2.98. The maximum Gasteiger partial charge on any atom is 0.278 e. The monoisotopic (exact) mass is 365 g/mol. The summed E-state index contributed by atoms with van der Waals surface area (Å²) < 4.78 is 7.00. The van der Waals surface area contributed by atoms with Crippen molar-refractivity contribution in [3.8, 4) is 0 Å². The van der Waals surface area contributed by atoms with E-state index in [4.69, 9.17) is 4.74 Å². The summed E-state index contributed by atoms with van der Waals surface area (Å²) in [7, 11) is 1.65. The Morgan fingerprint density at radius 1 is 1.40 bits per heavy atom. The first-order chi connectivity index (χ1) is 11.7. The third-order valence-corrected chi connectivity index (χ3v) is 4.29. The van der Waals surface area contributed by atoms with Crippen molar-refractivity contribution >= 4 is 24.0 Å². The number of nitrogens with one attached hydrogen (secondary N) is 2. The van der Waals surface area contributed by atoms with E-state index in [1.807, 2.05) is 35.9 Å². The average molecular weight is 366 g/mol. The number of piperidine rings is 1. The summed E-state index contributed by atoms with van der Waals surface area (Å²) >= 11 is 0. The lowest BCUT2D eigenvalue weighted by atomic mass is 10.1. The van der Waals surface area contributed by atoms with Gasteiger partial charge in [-0.3, -0.25) is 4.79 Å². The number of amides is 1. The molecular formula is C17H24ClN5O2. The van der Waals surface area contributed by atoms with Gasteiger partial charge in [0.2, 0.25) is 0 Å². The first-order valence-corrected chi connectivity index (χ1v) is 8.20. The molecule has 1 saturated heterocycles. The van der Waals surface area contributed by atoms with Crippen molar-refractivity contribution in [1.82, 2.24) is 20.3 Å². The minimum atomic E-state index is -0.234. The first kappa shape index (κ1) is 19.4. The fraction of sp³-hybridized carbons (Fsp3) is 0.471. The molecule has 1 aromatic heterocycles. The standard InChI is InChI=1S/C17H23N5O2.ClH/c1-12-16(20-21-22(12)15-6-8-18-9-7-15)17(23)19-14-5-3-4-13(10-14)11-24-2;/h3-5,10,15,18H,6-9,11H2,1-2H3,(H,19,23);1H. The molecule has 1 aliphatic rings. The predicted molar refractivity (Wildman–Crippen MR) is 98.3 cm³/mol. The Balaban J connectivity index is 0.00000225. The summed E-state index contributed by atoms with van der Waals surface area (Å²) in [5.41, 5.74) is 2.92. The summed E-state index contributed by atoms with van der Waals surface area (Å²) in [4.78, 5) is 12.5. The van der Waals surface area contributed by atoms with Gasteiger partial charge in [0.1, 0.15) is 0 Å². The second-order valence-electron chi connectivity index (χ2n) is 6.04. The van der Waals surface area contributed by atoms with Crippen LogP contribution in [0.15, 0.2) is 24.3 Å². The summed E-state index contributed by atoms with van der Waals surface area (Å²) in [6, 6.07) is 7.91. The van der Waals surface area contributed by atoms with Gasteiger partial charge in [-0.15, -0.1) is 17.5 Å². The van der Waals surface area contributed by atoms with Crippen molar-refractivity contribution in [3.05, 3.63) is 41.2 Å². The molecule has 0 spiro atoms. The third kappa shape index (κ3) is 4.56. The number of carbonyl (C=O) groups excluding carboxylic acids is 1. The highest BCUT2D eigenvalue weighted by molar-refractivity contribution is 6.03. The number of carbonyl (C=O) groups is 1. The lowest BCUT2D eigenvalue weighted by Gasteiger charge is -2.23. The van der Waals surface area contributed by atoms with Crippen molar-refractivity contribution in [2.75, 3.05) is 25.5 Å². The number of hydrogen-bond acceptors (Lipinski definition) is 5. The van der Waals surface area contributed by atoms with Crippen LogP contribution < -0.4 is 10.6 Å². The van der Waals surface area contributed by atoms with Crippen molar-refractivity contribution in [1.29, 1.82) is 0 Å². The second-order valence-corrected chi connectivity index (χ2v) is 6.04. The van der Waals surface area contributed by atoms with Gasteiger partial charge >= 0.3 is 0 Å². The summed E-state index contributed by atoms with van der Waals surface area (Å²) in [6.07, 6.45) is 2.01. The van der Waals surface area contributed by atoms with Crippen LogP contribution >= 0.6 is 12.4 Å². The predicted octanol–water partition coefficient (Wildman–Crippen LogP) is 2.33. The van der Waals surface area contributed by atoms with E-state index in [2.05, 4.69) is 20.9 Å². The fourth-order valence-electron chi connectivity index (χ4n) is 3.04. The Labute approximate surface area is 153 Å². The van der Waals surface area contributed by atoms with E-state index in [1.54, 1.807) is 7.11 Å². The second kappa shape index (κ2) is 8.94. The molecule has 2 aromatic rings. The summed E-state index contributed by atoms with van der Waals surface area (Å²) in [5.74, 6) is -0.234. The number of hydrogen-bond donors (Lipinski definition) is 2. The fourth-order valence-corrected chi connectivity index (χ4v) is 3.04. The number of benzene rings is 1. The highest BCUT2D eigenvalue weighted by Gasteiger charge is 2.22. The van der Waals surface area contributed by atoms with E-state index in [1.165, 1.54) is 0 Å². The molecular weight excluding hydrogens is 342 g/mol. The molecule has 0 atom stereocenters. The molecule has 1 aliphatic heterocycles. The molecule has 0 unspecified atom stereocenters. The van der Waals surface area contributed by atoms with Gasteiger partial charge in [0.25, 0.3) is 5.91 Å². The van der Waals surface area contributed by atoms with Gasteiger partial charge in [-0.1, -0.05) is 17.3 Å². The van der Waals surface area contributed by atoms with Crippen molar-refractivity contribution < 1.29 is 9.53 Å². The van der Waals surface area contributed by atoms with Crippen LogP contribution in [-0.4, -0.2) is 41.1 Å². The number of nitrogens with zero attached hydrogens (tertiary/aromatic N) is 3. The quantitative estimate of drug-likeness (QED) is 0.849. The van der Waals surface area contributed by atoms with Crippen molar-refractivity contribution in [2.45, 2.75) is 32.4 Å². The third-order valence-electron chi connectivity index (χ3n) is 4.29. The highest BCUT2D eigenvalue weighted by atomic mass is 35.5. The Hall–Kier alpha value is -1.96. The Kier molecular flexibility index (Phi) is 6.92. The molecule has 2 N–H and O–H groups in total. The van der Waals surface area contributed by atoms with Crippen LogP contribution in [0.5, 0.6) is 0 Å². The maximum atomic E-state index is 12.5. The lowest BCUT2D eigenvalue weighted by Crippen LogP contribution is -2.30. The molecule has 1 aromatic carbocycles. The Bertz CT molecular complexity index is 713. The zero-order chi connectivity index (χ0) is 16.9. The molecule has 136 valence electrons. The highest BCUT2D eigenvalue weighted by Crippen LogP contribution is 2.21. The van der Waals surface area contributed by atoms with Crippen LogP contribution in [-0.2, 0) is 11.3 Å². The minimum Gasteiger partial charge on any atom is -0.380 e. The van der Waals surface area contributed by atoms with Crippen LogP contribution in [0.1, 0.15) is 40.6 Å². The molecule has 2 heterocycles. The zero-order valence-electron chi connectivity index (χ0n) is 14.5. The van der Waals surface area contributed by atoms with Gasteiger partial charge in [-0.05, 0) is 50.6 Å². The molecule has 1 amide bonds. The van der Waals surface area contributed by atoms with Gasteiger partial charge in [0.05, 0.1) is 18.3 Å². The number of halogens is 1. The number of rotatable bonds is 5. The van der Waals surface area contributed by atoms with E-state index in [0.29, 0.717) is 18.3 Å². The summed E-state index contributed by atoms with van der Waals surface area (Å²) in [5, 5.41) is 14.5. The lowest BCUT2D eigenvalue weighted by molar-refractivity contribution is 0.102. The van der Waals surface area contributed by atoms with Crippen molar-refractivity contribution in [3.63, 3.8) is 0 Å². The smallest absolute Gasteiger partial charge is 0.278 e. The Morgan fingerprint density at radius 3 is 2.88 bits per heavy atom. The zero-order valence-corrected chi connectivity index (χ0v) is 15.3. The van der Waals surface area contributed by atoms with Crippen LogP contribution in [0.25, 0.3) is 0 Å². The maximum absolute atomic E-state index is 12.5. The first-order valence-electron chi connectivity index (χ1n) is 8.20. The van der Waals surface area contributed by atoms with Crippen LogP contribution in [0.3, 0.4) is 0 Å². The van der Waals surface area contributed by atoms with Crippen LogP contribution in [0.4, 0.5) is 5.69 Å². The van der Waals surface area contributed by atoms with Gasteiger partial charge in [-0.25, -0.2) is 4.68 Å². The molecule has 0 aliphatic carbocycles. The summed E-state index contributed by atoms with van der Waals surface area (Å²) in [6.45, 7) is 4.35. The Morgan fingerprint density at radius 2 is 2.16 bits per heavy atom. The molecule has 0 saturated carbocycles. The molecule has 1 fully saturated rings. The molecule has 25 heavy (non-hydrogen) atoms. The number of methoxy groups -OCH3 is 1. The van der Waals surface area contributed by atoms with E-state index < -0.39 is 0 Å². The molecule has 8 heteroatoms. The van der Waals surface area contributed by atoms with Crippen LogP contribution in [0, 0.1) is 6.92 Å². The van der Waals surface area contributed by atoms with Crippen molar-refractivity contribution in [2.24, 2.45) is 0 Å². The number of aromatic nitrogens is 3. The molecule has 0 radical (unpaired) electrons. The van der Waals surface area contributed by atoms with Gasteiger partial charge in [-0.2, -0.15) is 0 Å².